The van der Waals surface area contributed by atoms with Gasteiger partial charge in [0.25, 0.3) is 0 Å². The molecule has 0 fully saturated rings. The summed E-state index contributed by atoms with van der Waals surface area (Å²) >= 11 is 0. The van der Waals surface area contributed by atoms with Crippen LogP contribution in [0.3, 0.4) is 0 Å². The Bertz CT molecular complexity index is 36.3. The van der Waals surface area contributed by atoms with Crippen LogP contribution in [0.25, 0.3) is 0 Å². The quantitative estimate of drug-likeness (QED) is 0.407. The van der Waals surface area contributed by atoms with E-state index < -0.39 is 14.6 Å². The minimum absolute atomic E-state index is 0. The Morgan fingerprint density at radius 2 is 0.500 bits per heavy atom. The van der Waals surface area contributed by atoms with Crippen molar-refractivity contribution in [3.63, 3.8) is 0 Å². The van der Waals surface area contributed by atoms with E-state index in [9.17, 15) is 0 Å². The van der Waals surface area contributed by atoms with E-state index in [-0.39, 0.29) is 94.8 Å². The van der Waals surface area contributed by atoms with Crippen molar-refractivity contribution in [2.75, 3.05) is 0 Å². The molecule has 0 aromatic carbocycles. The van der Waals surface area contributed by atoms with Gasteiger partial charge < -0.3 is 30.1 Å². The molecule has 0 aliphatic heterocycles. The van der Waals surface area contributed by atoms with Gasteiger partial charge in [-0.15, -0.1) is 0 Å². The molecule has 12 heavy (non-hydrogen) atoms. The standard InChI is InChI=1S/2BO3.Dy.3Li/c2*2-1(3)4;;;;/q2*-3;+3;3*+1. The molecule has 0 aromatic heterocycles. The molecule has 1 radical (unpaired) electrons. The summed E-state index contributed by atoms with van der Waals surface area (Å²) in [7, 11) is -5.83. The zero-order chi connectivity index (χ0) is 7.15. The van der Waals surface area contributed by atoms with E-state index in [0.29, 0.717) is 0 Å². The molecule has 0 bridgehead atoms. The van der Waals surface area contributed by atoms with E-state index >= 15 is 0 Å². The first-order chi connectivity index (χ1) is 3.46. The number of hydrogen-bond acceptors (Lipinski definition) is 6. The van der Waals surface area contributed by atoms with Crippen molar-refractivity contribution < 1.29 is 125 Å². The first-order valence-corrected chi connectivity index (χ1v) is 1.41. The van der Waals surface area contributed by atoms with Crippen LogP contribution in [0.5, 0.6) is 0 Å². The Kier molecular flexibility index (Phi) is 88.4. The van der Waals surface area contributed by atoms with Crippen LogP contribution in [-0.4, -0.2) is 14.6 Å². The van der Waals surface area contributed by atoms with Gasteiger partial charge in [0.1, 0.15) is 0 Å². The molecule has 0 saturated heterocycles. The Morgan fingerprint density at radius 1 is 0.500 bits per heavy atom. The van der Waals surface area contributed by atoms with Crippen LogP contribution in [-0.2, 0) is 0 Å². The Balaban J connectivity index is -0.0000000112. The molecule has 12 heteroatoms. The van der Waals surface area contributed by atoms with Gasteiger partial charge in [-0.25, -0.2) is 0 Å². The number of rotatable bonds is 0. The summed E-state index contributed by atoms with van der Waals surface area (Å²) in [6.07, 6.45) is 0. The van der Waals surface area contributed by atoms with Crippen molar-refractivity contribution in [3.8, 4) is 0 Å². The second-order valence-electron chi connectivity index (χ2n) is 0.577. The van der Waals surface area contributed by atoms with Gasteiger partial charge in [0.2, 0.25) is 0 Å². The van der Waals surface area contributed by atoms with Crippen LogP contribution < -0.4 is 86.7 Å². The zero-order valence-corrected chi connectivity index (χ0v) is 8.95. The first kappa shape index (κ1) is 36.3. The summed E-state index contributed by atoms with van der Waals surface area (Å²) in [6.45, 7) is 0. The second kappa shape index (κ2) is 29.2. The van der Waals surface area contributed by atoms with Crippen LogP contribution in [0.15, 0.2) is 0 Å². The van der Waals surface area contributed by atoms with Gasteiger partial charge in [-0.2, -0.15) is 0 Å². The molecular weight excluding hydrogens is 301 g/mol. The van der Waals surface area contributed by atoms with Crippen molar-refractivity contribution in [2.45, 2.75) is 0 Å². The molecule has 0 aromatic rings. The van der Waals surface area contributed by atoms with Crippen LogP contribution in [0, 0.1) is 38.2 Å². The maximum Gasteiger partial charge on any atom is 3.00 e. The van der Waals surface area contributed by atoms with Crippen molar-refractivity contribution >= 4 is 14.6 Å². The monoisotopic (exact) mass is 303 g/mol. The molecule has 0 saturated carbocycles. The summed E-state index contributed by atoms with van der Waals surface area (Å²) in [5.74, 6) is 0. The van der Waals surface area contributed by atoms with Gasteiger partial charge in [-0.1, -0.05) is 0 Å². The van der Waals surface area contributed by atoms with Gasteiger partial charge in [0.15, 0.2) is 0 Å². The average molecular weight is 301 g/mol. The fourth-order valence-electron chi connectivity index (χ4n) is 0. The van der Waals surface area contributed by atoms with Crippen molar-refractivity contribution in [1.29, 1.82) is 0 Å². The van der Waals surface area contributed by atoms with E-state index in [1.54, 1.807) is 0 Å². The van der Waals surface area contributed by atoms with Gasteiger partial charge >= 0.3 is 94.8 Å². The van der Waals surface area contributed by atoms with Gasteiger partial charge in [-0.3, -0.25) is 14.6 Å². The molecule has 0 amide bonds. The molecule has 0 heterocycles. The summed E-state index contributed by atoms with van der Waals surface area (Å²) in [6, 6.07) is 0. The molecule has 0 N–H and O–H groups in total. The normalized spacial score (nSPS) is 4.50. The minimum Gasteiger partial charge on any atom is -0.907 e. The molecule has 55 valence electrons. The predicted octanol–water partition coefficient (Wildman–Crippen LogP) is -16.9. The average Bonchev–Trinajstić information content (AvgIpc) is 1.25. The molecule has 0 atom stereocenters. The van der Waals surface area contributed by atoms with E-state index in [4.69, 9.17) is 30.1 Å². The molecule has 0 rings (SSSR count). The molecule has 0 spiro atoms. The van der Waals surface area contributed by atoms with Crippen LogP contribution in [0.2, 0.25) is 0 Å². The molecule has 0 aliphatic carbocycles. The Labute approximate surface area is 137 Å². The van der Waals surface area contributed by atoms with E-state index in [0.717, 1.165) is 0 Å². The van der Waals surface area contributed by atoms with Gasteiger partial charge in [-0.05, 0) is 0 Å². The fraction of sp³-hybridized carbons (Fsp3) is 0. The van der Waals surface area contributed by atoms with Crippen LogP contribution in [0.1, 0.15) is 0 Å². The van der Waals surface area contributed by atoms with Gasteiger partial charge in [0, 0.05) is 0 Å². The van der Waals surface area contributed by atoms with Gasteiger partial charge in [0.05, 0.1) is 0 Å². The summed E-state index contributed by atoms with van der Waals surface area (Å²) < 4.78 is 0. The third-order valence-corrected chi connectivity index (χ3v) is 0. The van der Waals surface area contributed by atoms with Crippen molar-refractivity contribution in [3.05, 3.63) is 0 Å². The third kappa shape index (κ3) is 212. The first-order valence-electron chi connectivity index (χ1n) is 1.41. The van der Waals surface area contributed by atoms with Crippen molar-refractivity contribution in [2.24, 2.45) is 0 Å². The van der Waals surface area contributed by atoms with Crippen molar-refractivity contribution in [1.82, 2.24) is 0 Å². The second-order valence-corrected chi connectivity index (χ2v) is 0.577. The molecule has 0 unspecified atom stereocenters. The SMILES string of the molecule is [Dy+3].[Li+].[Li+].[Li+].[O-]B([O-])[O-].[O-]B([O-])[O-]. The zero-order valence-electron chi connectivity index (χ0n) is 6.92. The fourth-order valence-corrected chi connectivity index (χ4v) is 0. The summed E-state index contributed by atoms with van der Waals surface area (Å²) in [4.78, 5) is 0. The maximum atomic E-state index is 8.42. The van der Waals surface area contributed by atoms with E-state index in [1.165, 1.54) is 0 Å². The van der Waals surface area contributed by atoms with Crippen LogP contribution >= 0.6 is 0 Å². The summed E-state index contributed by atoms with van der Waals surface area (Å²) in [5.41, 5.74) is 0. The molecular formula is B2DyLi3O6. The molecule has 6 nitrogen and oxygen atoms in total. The smallest absolute Gasteiger partial charge is 0.907 e. The van der Waals surface area contributed by atoms with E-state index in [2.05, 4.69) is 0 Å². The summed E-state index contributed by atoms with van der Waals surface area (Å²) in [5, 5.41) is 50.5. The minimum atomic E-state index is -2.92. The maximum absolute atomic E-state index is 8.42. The van der Waals surface area contributed by atoms with E-state index in [1.807, 2.05) is 0 Å². The predicted molar refractivity (Wildman–Crippen MR) is 11.5 cm³/mol. The third-order valence-electron chi connectivity index (χ3n) is 0. The number of hydrogen-bond donors (Lipinski definition) is 0. The Morgan fingerprint density at radius 3 is 0.500 bits per heavy atom. The topological polar surface area (TPSA) is 138 Å². The Hall–Kier alpha value is 2.95. The van der Waals surface area contributed by atoms with Crippen LogP contribution in [0.4, 0.5) is 0 Å². The largest absolute Gasteiger partial charge is 3.00 e. The molecule has 0 aliphatic rings.